The van der Waals surface area contributed by atoms with E-state index in [1.54, 1.807) is 0 Å². The third-order valence-corrected chi connectivity index (χ3v) is 2.67. The van der Waals surface area contributed by atoms with Crippen molar-refractivity contribution in [3.63, 3.8) is 0 Å². The molecule has 18 heavy (non-hydrogen) atoms. The largest absolute Gasteiger partial charge is 0.446 e. The molecule has 1 aromatic rings. The zero-order valence-electron chi connectivity index (χ0n) is 9.33. The van der Waals surface area contributed by atoms with Gasteiger partial charge in [-0.25, -0.2) is 0 Å². The number of alkyl halides is 3. The molecule has 0 aliphatic rings. The average molecular weight is 279 g/mol. The molecule has 0 aliphatic carbocycles. The van der Waals surface area contributed by atoms with Crippen molar-refractivity contribution >= 4 is 23.4 Å². The normalized spacial score (nSPS) is 11.3. The van der Waals surface area contributed by atoms with Crippen molar-refractivity contribution < 1.29 is 23.1 Å². The van der Waals surface area contributed by atoms with Gasteiger partial charge in [0.05, 0.1) is 0 Å². The molecule has 2 N–H and O–H groups in total. The van der Waals surface area contributed by atoms with Gasteiger partial charge in [-0.05, 0) is 42.4 Å². The Labute approximate surface area is 106 Å². The predicted molar refractivity (Wildman–Crippen MR) is 63.3 cm³/mol. The standard InChI is InChI=1S/C11H12F3NO2S/c12-11(13,14)18-9-5-3-8(4-6-9)15-10(17)2-1-7-16/h3-6,16H,1-2,7H2,(H,15,17). The molecular weight excluding hydrogens is 267 g/mol. The predicted octanol–water partition coefficient (Wildman–Crippen LogP) is 3.01. The van der Waals surface area contributed by atoms with Crippen LogP contribution in [0.3, 0.4) is 0 Å². The number of aliphatic hydroxyl groups is 1. The topological polar surface area (TPSA) is 49.3 Å². The van der Waals surface area contributed by atoms with Crippen molar-refractivity contribution in [3.05, 3.63) is 24.3 Å². The van der Waals surface area contributed by atoms with Crippen molar-refractivity contribution in [2.75, 3.05) is 11.9 Å². The van der Waals surface area contributed by atoms with Gasteiger partial charge in [-0.15, -0.1) is 0 Å². The quantitative estimate of drug-likeness (QED) is 0.815. The first-order valence-corrected chi connectivity index (χ1v) is 5.99. The number of nitrogens with one attached hydrogen (secondary N) is 1. The Kier molecular flexibility index (Phi) is 5.49. The van der Waals surface area contributed by atoms with Crippen LogP contribution in [0.5, 0.6) is 0 Å². The van der Waals surface area contributed by atoms with Crippen LogP contribution in [-0.4, -0.2) is 23.1 Å². The summed E-state index contributed by atoms with van der Waals surface area (Å²) in [6, 6.07) is 5.40. The summed E-state index contributed by atoms with van der Waals surface area (Å²) in [6.45, 7) is -0.0748. The molecule has 0 bridgehead atoms. The van der Waals surface area contributed by atoms with E-state index in [0.29, 0.717) is 12.1 Å². The fourth-order valence-corrected chi connectivity index (χ4v) is 1.74. The first kappa shape index (κ1) is 14.8. The molecule has 3 nitrogen and oxygen atoms in total. The summed E-state index contributed by atoms with van der Waals surface area (Å²) in [5.41, 5.74) is -3.88. The number of halogens is 3. The van der Waals surface area contributed by atoms with Gasteiger partial charge in [-0.1, -0.05) is 0 Å². The average Bonchev–Trinajstić information content (AvgIpc) is 2.27. The van der Waals surface area contributed by atoms with E-state index in [-0.39, 0.29) is 35.6 Å². The van der Waals surface area contributed by atoms with Gasteiger partial charge >= 0.3 is 5.51 Å². The first-order chi connectivity index (χ1) is 8.40. The van der Waals surface area contributed by atoms with Crippen molar-refractivity contribution in [2.45, 2.75) is 23.2 Å². The number of aliphatic hydroxyl groups excluding tert-OH is 1. The molecule has 0 heterocycles. The van der Waals surface area contributed by atoms with E-state index >= 15 is 0 Å². The summed E-state index contributed by atoms with van der Waals surface area (Å²) in [5, 5.41) is 11.1. The van der Waals surface area contributed by atoms with E-state index in [4.69, 9.17) is 5.11 Å². The Hall–Kier alpha value is -1.21. The van der Waals surface area contributed by atoms with Gasteiger partial charge in [-0.3, -0.25) is 4.79 Å². The fourth-order valence-electron chi connectivity index (χ4n) is 1.20. The van der Waals surface area contributed by atoms with E-state index in [9.17, 15) is 18.0 Å². The molecule has 1 amide bonds. The zero-order chi connectivity index (χ0) is 13.6. The van der Waals surface area contributed by atoms with Crippen LogP contribution >= 0.6 is 11.8 Å². The highest BCUT2D eigenvalue weighted by molar-refractivity contribution is 8.00. The van der Waals surface area contributed by atoms with Gasteiger partial charge in [0.25, 0.3) is 0 Å². The highest BCUT2D eigenvalue weighted by Crippen LogP contribution is 2.36. The number of amides is 1. The molecule has 0 radical (unpaired) electrons. The van der Waals surface area contributed by atoms with E-state index < -0.39 is 5.51 Å². The smallest absolute Gasteiger partial charge is 0.396 e. The van der Waals surface area contributed by atoms with Crippen LogP contribution in [0.4, 0.5) is 18.9 Å². The Balaban J connectivity index is 2.52. The third-order valence-electron chi connectivity index (χ3n) is 1.93. The molecule has 0 aliphatic heterocycles. The first-order valence-electron chi connectivity index (χ1n) is 5.17. The number of hydrogen-bond acceptors (Lipinski definition) is 3. The van der Waals surface area contributed by atoms with Gasteiger partial charge in [0, 0.05) is 23.6 Å². The second-order valence-electron chi connectivity index (χ2n) is 3.45. The minimum Gasteiger partial charge on any atom is -0.396 e. The maximum atomic E-state index is 12.1. The molecule has 0 spiro atoms. The van der Waals surface area contributed by atoms with Crippen molar-refractivity contribution in [1.29, 1.82) is 0 Å². The monoisotopic (exact) mass is 279 g/mol. The van der Waals surface area contributed by atoms with E-state index in [0.717, 1.165) is 0 Å². The summed E-state index contributed by atoms with van der Waals surface area (Å²) < 4.78 is 36.2. The number of rotatable bonds is 5. The van der Waals surface area contributed by atoms with Crippen LogP contribution in [0, 0.1) is 0 Å². The molecular formula is C11H12F3NO2S. The molecule has 7 heteroatoms. The molecule has 1 rings (SSSR count). The van der Waals surface area contributed by atoms with E-state index in [2.05, 4.69) is 5.32 Å². The Bertz CT molecular complexity index is 392. The lowest BCUT2D eigenvalue weighted by Gasteiger charge is -2.07. The van der Waals surface area contributed by atoms with Crippen molar-refractivity contribution in [2.24, 2.45) is 0 Å². The molecule has 0 atom stereocenters. The Morgan fingerprint density at radius 2 is 1.89 bits per heavy atom. The lowest BCUT2D eigenvalue weighted by molar-refractivity contribution is -0.116. The number of carbonyl (C=O) groups is 1. The van der Waals surface area contributed by atoms with Gasteiger partial charge in [-0.2, -0.15) is 13.2 Å². The lowest BCUT2D eigenvalue weighted by atomic mass is 10.3. The number of hydrogen-bond donors (Lipinski definition) is 2. The second-order valence-corrected chi connectivity index (χ2v) is 4.59. The zero-order valence-corrected chi connectivity index (χ0v) is 10.1. The summed E-state index contributed by atoms with van der Waals surface area (Å²) in [7, 11) is 0. The molecule has 0 saturated carbocycles. The van der Waals surface area contributed by atoms with Gasteiger partial charge in [0.2, 0.25) is 5.91 Å². The minimum absolute atomic E-state index is 0.0656. The van der Waals surface area contributed by atoms with Gasteiger partial charge in [0.15, 0.2) is 0 Å². The van der Waals surface area contributed by atoms with E-state index in [1.165, 1.54) is 24.3 Å². The van der Waals surface area contributed by atoms with Gasteiger partial charge < -0.3 is 10.4 Å². The maximum absolute atomic E-state index is 12.1. The molecule has 100 valence electrons. The van der Waals surface area contributed by atoms with Crippen LogP contribution in [0.25, 0.3) is 0 Å². The maximum Gasteiger partial charge on any atom is 0.446 e. The second kappa shape index (κ2) is 6.65. The van der Waals surface area contributed by atoms with Crippen LogP contribution < -0.4 is 5.32 Å². The molecule has 1 aromatic carbocycles. The van der Waals surface area contributed by atoms with Crippen LogP contribution in [-0.2, 0) is 4.79 Å². The minimum atomic E-state index is -4.31. The fraction of sp³-hybridized carbons (Fsp3) is 0.364. The summed E-state index contributed by atoms with van der Waals surface area (Å²) in [4.78, 5) is 11.3. The SMILES string of the molecule is O=C(CCCO)Nc1ccc(SC(F)(F)F)cc1. The van der Waals surface area contributed by atoms with Crippen molar-refractivity contribution in [3.8, 4) is 0 Å². The Morgan fingerprint density at radius 3 is 2.39 bits per heavy atom. The van der Waals surface area contributed by atoms with Crippen LogP contribution in [0.15, 0.2) is 29.2 Å². The highest BCUT2D eigenvalue weighted by atomic mass is 32.2. The highest BCUT2D eigenvalue weighted by Gasteiger charge is 2.28. The number of thioether (sulfide) groups is 1. The molecule has 0 unspecified atom stereocenters. The molecule has 0 aromatic heterocycles. The summed E-state index contributed by atoms with van der Waals surface area (Å²) in [5.74, 6) is -0.278. The number of carbonyl (C=O) groups excluding carboxylic acids is 1. The van der Waals surface area contributed by atoms with E-state index in [1.807, 2.05) is 0 Å². The molecule has 0 saturated heterocycles. The van der Waals surface area contributed by atoms with Crippen molar-refractivity contribution in [1.82, 2.24) is 0 Å². The summed E-state index contributed by atoms with van der Waals surface area (Å²) >= 11 is -0.204. The number of anilines is 1. The molecule has 0 fully saturated rings. The van der Waals surface area contributed by atoms with Crippen LogP contribution in [0.1, 0.15) is 12.8 Å². The third kappa shape index (κ3) is 5.92. The van der Waals surface area contributed by atoms with Gasteiger partial charge in [0.1, 0.15) is 0 Å². The van der Waals surface area contributed by atoms with Crippen LogP contribution in [0.2, 0.25) is 0 Å². The Morgan fingerprint density at radius 1 is 1.28 bits per heavy atom. The number of benzene rings is 1. The summed E-state index contributed by atoms with van der Waals surface area (Å²) in [6.07, 6.45) is 0.531. The lowest BCUT2D eigenvalue weighted by Crippen LogP contribution is -2.11.